The van der Waals surface area contributed by atoms with Gasteiger partial charge in [0.15, 0.2) is 0 Å². The van der Waals surface area contributed by atoms with Gasteiger partial charge < -0.3 is 14.5 Å². The van der Waals surface area contributed by atoms with Crippen molar-refractivity contribution >= 4 is 6.03 Å². The Bertz CT molecular complexity index is 462. The van der Waals surface area contributed by atoms with E-state index in [1.807, 2.05) is 11.8 Å². The van der Waals surface area contributed by atoms with E-state index in [1.54, 1.807) is 19.0 Å². The molecule has 0 aromatic carbocycles. The van der Waals surface area contributed by atoms with Crippen molar-refractivity contribution in [3.05, 3.63) is 17.6 Å². The summed E-state index contributed by atoms with van der Waals surface area (Å²) in [5, 5.41) is 0. The van der Waals surface area contributed by atoms with E-state index >= 15 is 0 Å². The lowest BCUT2D eigenvalue weighted by molar-refractivity contribution is 0.173. The number of ether oxygens (including phenoxy) is 1. The number of urea groups is 1. The monoisotopic (exact) mass is 264 g/mol. The Hall–Kier alpha value is -1.85. The van der Waals surface area contributed by atoms with Crippen molar-refractivity contribution in [2.45, 2.75) is 19.8 Å². The van der Waals surface area contributed by atoms with Crippen LogP contribution in [0, 0.1) is 0 Å². The van der Waals surface area contributed by atoms with E-state index in [9.17, 15) is 4.79 Å². The molecule has 0 fully saturated rings. The molecule has 6 nitrogen and oxygen atoms in total. The summed E-state index contributed by atoms with van der Waals surface area (Å²) in [6.45, 7) is 3.89. The molecule has 2 amide bonds. The molecule has 0 N–H and O–H groups in total. The second-order valence-electron chi connectivity index (χ2n) is 4.70. The maximum Gasteiger partial charge on any atom is 0.319 e. The number of rotatable bonds is 2. The molecule has 0 aliphatic carbocycles. The smallest absolute Gasteiger partial charge is 0.319 e. The Morgan fingerprint density at radius 3 is 2.79 bits per heavy atom. The molecule has 6 heteroatoms. The van der Waals surface area contributed by atoms with E-state index in [4.69, 9.17) is 4.74 Å². The van der Waals surface area contributed by atoms with Crippen LogP contribution >= 0.6 is 0 Å². The number of aromatic nitrogens is 2. The van der Waals surface area contributed by atoms with Crippen LogP contribution in [0.4, 0.5) is 4.79 Å². The van der Waals surface area contributed by atoms with Gasteiger partial charge in [0.2, 0.25) is 5.88 Å². The number of carbonyl (C=O) groups excluding carboxylic acids is 1. The quantitative estimate of drug-likeness (QED) is 0.798. The van der Waals surface area contributed by atoms with Crippen LogP contribution in [0.5, 0.6) is 5.88 Å². The lowest BCUT2D eigenvalue weighted by Gasteiger charge is -2.24. The topological polar surface area (TPSA) is 58.6 Å². The van der Waals surface area contributed by atoms with Crippen LogP contribution in [-0.4, -0.2) is 59.6 Å². The SMILES string of the molecule is CCOc1ncnc2c1CCN(C(=O)N(C)C)CC2. The molecule has 19 heavy (non-hydrogen) atoms. The molecule has 1 aromatic heterocycles. The van der Waals surface area contributed by atoms with Crippen LogP contribution in [0.1, 0.15) is 18.2 Å². The van der Waals surface area contributed by atoms with E-state index < -0.39 is 0 Å². The third-order valence-electron chi connectivity index (χ3n) is 3.18. The van der Waals surface area contributed by atoms with Crippen LogP contribution in [0.15, 0.2) is 6.33 Å². The minimum Gasteiger partial charge on any atom is -0.478 e. The van der Waals surface area contributed by atoms with Crippen LogP contribution in [0.3, 0.4) is 0 Å². The summed E-state index contributed by atoms with van der Waals surface area (Å²) in [6, 6.07) is 0.0405. The first-order valence-electron chi connectivity index (χ1n) is 6.55. The largest absolute Gasteiger partial charge is 0.478 e. The maximum absolute atomic E-state index is 12.0. The van der Waals surface area contributed by atoms with Crippen LogP contribution < -0.4 is 4.74 Å². The third kappa shape index (κ3) is 2.94. The first kappa shape index (κ1) is 13.6. The summed E-state index contributed by atoms with van der Waals surface area (Å²) < 4.78 is 5.54. The number of nitrogens with zero attached hydrogens (tertiary/aromatic N) is 4. The van der Waals surface area contributed by atoms with E-state index in [0.717, 1.165) is 24.1 Å². The molecule has 0 bridgehead atoms. The average molecular weight is 264 g/mol. The van der Waals surface area contributed by atoms with Crippen molar-refractivity contribution in [1.82, 2.24) is 19.8 Å². The fourth-order valence-electron chi connectivity index (χ4n) is 2.23. The van der Waals surface area contributed by atoms with E-state index in [-0.39, 0.29) is 6.03 Å². The zero-order chi connectivity index (χ0) is 13.8. The molecule has 0 saturated carbocycles. The molecule has 2 rings (SSSR count). The third-order valence-corrected chi connectivity index (χ3v) is 3.18. The van der Waals surface area contributed by atoms with Crippen molar-refractivity contribution in [3.8, 4) is 5.88 Å². The molecule has 1 aromatic rings. The number of carbonyl (C=O) groups is 1. The molecule has 1 aliphatic heterocycles. The molecular weight excluding hydrogens is 244 g/mol. The van der Waals surface area contributed by atoms with E-state index in [0.29, 0.717) is 25.6 Å². The summed E-state index contributed by atoms with van der Waals surface area (Å²) in [7, 11) is 3.54. The van der Waals surface area contributed by atoms with Gasteiger partial charge in [0.05, 0.1) is 12.3 Å². The van der Waals surface area contributed by atoms with Crippen molar-refractivity contribution in [3.63, 3.8) is 0 Å². The van der Waals surface area contributed by atoms with Gasteiger partial charge in [-0.05, 0) is 13.3 Å². The van der Waals surface area contributed by atoms with Gasteiger partial charge >= 0.3 is 6.03 Å². The van der Waals surface area contributed by atoms with Gasteiger partial charge in [-0.1, -0.05) is 0 Å². The molecule has 0 atom stereocenters. The van der Waals surface area contributed by atoms with Crippen LogP contribution in [0.25, 0.3) is 0 Å². The van der Waals surface area contributed by atoms with Gasteiger partial charge in [0, 0.05) is 39.2 Å². The van der Waals surface area contributed by atoms with Gasteiger partial charge in [0.25, 0.3) is 0 Å². The summed E-state index contributed by atoms with van der Waals surface area (Å²) in [6.07, 6.45) is 3.02. The first-order valence-corrected chi connectivity index (χ1v) is 6.55. The second kappa shape index (κ2) is 5.86. The van der Waals surface area contributed by atoms with Gasteiger partial charge in [-0.3, -0.25) is 0 Å². The Morgan fingerprint density at radius 2 is 2.11 bits per heavy atom. The highest BCUT2D eigenvalue weighted by atomic mass is 16.5. The molecule has 104 valence electrons. The van der Waals surface area contributed by atoms with Crippen molar-refractivity contribution in [2.75, 3.05) is 33.8 Å². The van der Waals surface area contributed by atoms with E-state index in [2.05, 4.69) is 9.97 Å². The molecule has 0 saturated heterocycles. The Kier molecular flexibility index (Phi) is 4.19. The van der Waals surface area contributed by atoms with Gasteiger partial charge in [-0.15, -0.1) is 0 Å². The molecule has 2 heterocycles. The van der Waals surface area contributed by atoms with Crippen LogP contribution in [-0.2, 0) is 12.8 Å². The van der Waals surface area contributed by atoms with Crippen LogP contribution in [0.2, 0.25) is 0 Å². The molecule has 1 aliphatic rings. The lowest BCUT2D eigenvalue weighted by atomic mass is 10.1. The molecule has 0 spiro atoms. The Balaban J connectivity index is 2.18. The van der Waals surface area contributed by atoms with Crippen molar-refractivity contribution < 1.29 is 9.53 Å². The fourth-order valence-corrected chi connectivity index (χ4v) is 2.23. The normalized spacial score (nSPS) is 14.6. The number of amides is 2. The highest BCUT2D eigenvalue weighted by Crippen LogP contribution is 2.22. The highest BCUT2D eigenvalue weighted by molar-refractivity contribution is 5.74. The van der Waals surface area contributed by atoms with Gasteiger partial charge in [0.1, 0.15) is 6.33 Å². The highest BCUT2D eigenvalue weighted by Gasteiger charge is 2.22. The minimum absolute atomic E-state index is 0.0405. The van der Waals surface area contributed by atoms with E-state index in [1.165, 1.54) is 6.33 Å². The average Bonchev–Trinajstić information content (AvgIpc) is 2.61. The maximum atomic E-state index is 12.0. The summed E-state index contributed by atoms with van der Waals surface area (Å²) in [4.78, 5) is 23.9. The predicted molar refractivity (Wildman–Crippen MR) is 71.3 cm³/mol. The van der Waals surface area contributed by atoms with Gasteiger partial charge in [-0.2, -0.15) is 0 Å². The summed E-state index contributed by atoms with van der Waals surface area (Å²) in [5.74, 6) is 0.659. The molecular formula is C13H20N4O2. The molecule has 0 unspecified atom stereocenters. The van der Waals surface area contributed by atoms with Crippen molar-refractivity contribution in [2.24, 2.45) is 0 Å². The zero-order valence-electron chi connectivity index (χ0n) is 11.7. The summed E-state index contributed by atoms with van der Waals surface area (Å²) in [5.41, 5.74) is 2.03. The zero-order valence-corrected chi connectivity index (χ0v) is 11.7. The minimum atomic E-state index is 0.0405. The number of hydrogen-bond donors (Lipinski definition) is 0. The van der Waals surface area contributed by atoms with Crippen molar-refractivity contribution in [1.29, 1.82) is 0 Å². The molecule has 0 radical (unpaired) electrons. The van der Waals surface area contributed by atoms with Gasteiger partial charge in [-0.25, -0.2) is 14.8 Å². The Morgan fingerprint density at radius 1 is 1.37 bits per heavy atom. The first-order chi connectivity index (χ1) is 9.13. The number of hydrogen-bond acceptors (Lipinski definition) is 4. The predicted octanol–water partition coefficient (Wildman–Crippen LogP) is 0.958. The Labute approximate surface area is 113 Å². The second-order valence-corrected chi connectivity index (χ2v) is 4.70. The summed E-state index contributed by atoms with van der Waals surface area (Å²) >= 11 is 0. The fraction of sp³-hybridized carbons (Fsp3) is 0.615. The number of fused-ring (bicyclic) bond motifs is 1. The standard InChI is InChI=1S/C13H20N4O2/c1-4-19-12-10-5-7-17(13(18)16(2)3)8-6-11(10)14-9-15-12/h9H,4-8H2,1-3H3. The lowest BCUT2D eigenvalue weighted by Crippen LogP contribution is -2.40.